The number of nitrogens with one attached hydrogen (secondary N) is 1. The fourth-order valence-electron chi connectivity index (χ4n) is 3.93. The summed E-state index contributed by atoms with van der Waals surface area (Å²) in [7, 11) is 0. The summed E-state index contributed by atoms with van der Waals surface area (Å²) in [5, 5.41) is 12.7. The lowest BCUT2D eigenvalue weighted by molar-refractivity contribution is -0.144. The van der Waals surface area contributed by atoms with Gasteiger partial charge in [0.25, 0.3) is 0 Å². The summed E-state index contributed by atoms with van der Waals surface area (Å²) in [4.78, 5) is 16.6. The van der Waals surface area contributed by atoms with Crippen LogP contribution >= 0.6 is 0 Å². The molecule has 192 valence electrons. The summed E-state index contributed by atoms with van der Waals surface area (Å²) in [6.07, 6.45) is 0.710. The molecule has 0 aliphatic heterocycles. The molecule has 0 saturated heterocycles. The van der Waals surface area contributed by atoms with E-state index in [1.54, 1.807) is 24.3 Å². The lowest BCUT2D eigenvalue weighted by Gasteiger charge is -2.27. The SMILES string of the molecule is Cc1oc(-c2ccccc2)nc1CCOc1ccc(C[C@](C)(NCc2cccc(F)c2F)C(=O)O)cc1. The molecule has 4 aromatic rings. The summed E-state index contributed by atoms with van der Waals surface area (Å²) in [5.74, 6) is -1.09. The average molecular weight is 507 g/mol. The van der Waals surface area contributed by atoms with Gasteiger partial charge in [0.05, 0.1) is 12.3 Å². The molecule has 0 fully saturated rings. The van der Waals surface area contributed by atoms with Crippen molar-refractivity contribution in [3.8, 4) is 17.2 Å². The third-order valence-electron chi connectivity index (χ3n) is 6.17. The van der Waals surface area contributed by atoms with Crippen molar-refractivity contribution in [3.63, 3.8) is 0 Å². The van der Waals surface area contributed by atoms with E-state index in [0.29, 0.717) is 24.7 Å². The smallest absolute Gasteiger partial charge is 0.323 e. The van der Waals surface area contributed by atoms with Crippen molar-refractivity contribution in [1.29, 1.82) is 0 Å². The number of nitrogens with zero attached hydrogens (tertiary/aromatic N) is 1. The topological polar surface area (TPSA) is 84.6 Å². The van der Waals surface area contributed by atoms with Crippen molar-refractivity contribution in [2.75, 3.05) is 6.61 Å². The van der Waals surface area contributed by atoms with Crippen LogP contribution in [0.2, 0.25) is 0 Å². The third kappa shape index (κ3) is 6.40. The Bertz CT molecular complexity index is 1360. The predicted molar refractivity (Wildman–Crippen MR) is 135 cm³/mol. The number of benzene rings is 3. The maximum atomic E-state index is 14.0. The highest BCUT2D eigenvalue weighted by Gasteiger charge is 2.33. The van der Waals surface area contributed by atoms with Crippen LogP contribution in [0.5, 0.6) is 5.75 Å². The van der Waals surface area contributed by atoms with Gasteiger partial charge in [-0.25, -0.2) is 13.8 Å². The zero-order valence-electron chi connectivity index (χ0n) is 20.6. The normalized spacial score (nSPS) is 12.8. The van der Waals surface area contributed by atoms with Crippen LogP contribution in [0, 0.1) is 18.6 Å². The van der Waals surface area contributed by atoms with E-state index in [1.807, 2.05) is 37.3 Å². The van der Waals surface area contributed by atoms with Crippen molar-refractivity contribution in [2.24, 2.45) is 0 Å². The standard InChI is InChI=1S/C29H28F2N2O4/c1-19-25(33-27(37-19)21-7-4-3-5-8-21)15-16-36-23-13-11-20(12-14-23)17-29(2,28(34)35)32-18-22-9-6-10-24(30)26(22)31/h3-14,32H,15-18H2,1-2H3,(H,34,35)/t29-/m0/s1. The number of rotatable bonds is 11. The van der Waals surface area contributed by atoms with Crippen molar-refractivity contribution >= 4 is 5.97 Å². The van der Waals surface area contributed by atoms with Crippen LogP contribution in [-0.2, 0) is 24.2 Å². The van der Waals surface area contributed by atoms with Crippen LogP contribution in [0.4, 0.5) is 8.78 Å². The van der Waals surface area contributed by atoms with E-state index in [-0.39, 0.29) is 18.5 Å². The third-order valence-corrected chi connectivity index (χ3v) is 6.17. The summed E-state index contributed by atoms with van der Waals surface area (Å²) >= 11 is 0. The Balaban J connectivity index is 1.33. The molecule has 37 heavy (non-hydrogen) atoms. The molecule has 0 bridgehead atoms. The Kier molecular flexibility index (Phi) is 7.98. The van der Waals surface area contributed by atoms with Crippen LogP contribution in [0.1, 0.15) is 29.5 Å². The van der Waals surface area contributed by atoms with Crippen molar-refractivity contribution in [2.45, 2.75) is 38.8 Å². The van der Waals surface area contributed by atoms with Crippen molar-refractivity contribution in [1.82, 2.24) is 10.3 Å². The van der Waals surface area contributed by atoms with Crippen LogP contribution in [-0.4, -0.2) is 28.2 Å². The number of carboxylic acids is 1. The van der Waals surface area contributed by atoms with E-state index in [9.17, 15) is 18.7 Å². The Morgan fingerprint density at radius 3 is 2.49 bits per heavy atom. The van der Waals surface area contributed by atoms with Crippen LogP contribution in [0.15, 0.2) is 77.2 Å². The first-order valence-corrected chi connectivity index (χ1v) is 11.9. The number of aromatic nitrogens is 1. The fraction of sp³-hybridized carbons (Fsp3) is 0.241. The molecular weight excluding hydrogens is 478 g/mol. The van der Waals surface area contributed by atoms with Crippen molar-refractivity contribution < 1.29 is 27.8 Å². The van der Waals surface area contributed by atoms with Gasteiger partial charge in [-0.15, -0.1) is 0 Å². The summed E-state index contributed by atoms with van der Waals surface area (Å²) in [6, 6.07) is 20.6. The van der Waals surface area contributed by atoms with Gasteiger partial charge in [0.15, 0.2) is 11.6 Å². The molecule has 0 amide bonds. The first-order valence-electron chi connectivity index (χ1n) is 11.9. The Morgan fingerprint density at radius 2 is 1.78 bits per heavy atom. The number of hydrogen-bond donors (Lipinski definition) is 2. The monoisotopic (exact) mass is 506 g/mol. The Morgan fingerprint density at radius 1 is 1.05 bits per heavy atom. The van der Waals surface area contributed by atoms with Gasteiger partial charge in [0.1, 0.15) is 17.0 Å². The van der Waals surface area contributed by atoms with Crippen molar-refractivity contribution in [3.05, 3.63) is 107 Å². The molecule has 0 aliphatic carbocycles. The maximum absolute atomic E-state index is 14.0. The van der Waals surface area contributed by atoms with Gasteiger partial charge in [-0.3, -0.25) is 10.1 Å². The average Bonchev–Trinajstić information content (AvgIpc) is 3.27. The summed E-state index contributed by atoms with van der Waals surface area (Å²) in [5.41, 5.74) is 1.17. The minimum atomic E-state index is -1.39. The van der Waals surface area contributed by atoms with Gasteiger partial charge in [-0.05, 0) is 49.7 Å². The van der Waals surface area contributed by atoms with E-state index >= 15 is 0 Å². The number of carboxylic acid groups (broad SMARTS) is 1. The second-order valence-electron chi connectivity index (χ2n) is 9.01. The fourth-order valence-corrected chi connectivity index (χ4v) is 3.93. The largest absolute Gasteiger partial charge is 0.493 e. The van der Waals surface area contributed by atoms with E-state index in [0.717, 1.165) is 28.6 Å². The van der Waals surface area contributed by atoms with Crippen LogP contribution < -0.4 is 10.1 Å². The van der Waals surface area contributed by atoms with Gasteiger partial charge < -0.3 is 14.3 Å². The molecule has 0 saturated carbocycles. The van der Waals surface area contributed by atoms with E-state index in [2.05, 4.69) is 10.3 Å². The Hall–Kier alpha value is -4.04. The van der Waals surface area contributed by atoms with E-state index in [1.165, 1.54) is 19.1 Å². The highest BCUT2D eigenvalue weighted by molar-refractivity contribution is 5.78. The van der Waals surface area contributed by atoms with Gasteiger partial charge in [-0.2, -0.15) is 0 Å². The van der Waals surface area contributed by atoms with Gasteiger partial charge >= 0.3 is 5.97 Å². The first-order chi connectivity index (χ1) is 17.7. The predicted octanol–water partition coefficient (Wildman–Crippen LogP) is 5.73. The van der Waals surface area contributed by atoms with Gasteiger partial charge in [-0.1, -0.05) is 42.5 Å². The zero-order chi connectivity index (χ0) is 26.4. The number of halogens is 2. The number of ether oxygens (including phenoxy) is 1. The quantitative estimate of drug-likeness (QED) is 0.271. The molecule has 0 aliphatic rings. The minimum absolute atomic E-state index is 0.0643. The molecule has 0 radical (unpaired) electrons. The number of carbonyl (C=O) groups is 1. The van der Waals surface area contributed by atoms with Gasteiger partial charge in [0, 0.05) is 30.5 Å². The molecule has 4 rings (SSSR count). The maximum Gasteiger partial charge on any atom is 0.323 e. The molecule has 0 unspecified atom stereocenters. The minimum Gasteiger partial charge on any atom is -0.493 e. The zero-order valence-corrected chi connectivity index (χ0v) is 20.6. The number of aryl methyl sites for hydroxylation is 1. The van der Waals surface area contributed by atoms with Crippen LogP contribution in [0.25, 0.3) is 11.5 Å². The first kappa shape index (κ1) is 26.0. The van der Waals surface area contributed by atoms with Crippen LogP contribution in [0.3, 0.4) is 0 Å². The second-order valence-corrected chi connectivity index (χ2v) is 9.01. The molecule has 3 aromatic carbocycles. The molecule has 2 N–H and O–H groups in total. The second kappa shape index (κ2) is 11.3. The molecule has 1 heterocycles. The number of aliphatic carboxylic acids is 1. The number of hydrogen-bond acceptors (Lipinski definition) is 5. The lowest BCUT2D eigenvalue weighted by atomic mass is 9.92. The highest BCUT2D eigenvalue weighted by atomic mass is 19.2. The molecule has 6 nitrogen and oxygen atoms in total. The molecular formula is C29H28F2N2O4. The summed E-state index contributed by atoms with van der Waals surface area (Å²) < 4.78 is 39.1. The lowest BCUT2D eigenvalue weighted by Crippen LogP contribution is -2.51. The van der Waals surface area contributed by atoms with E-state index in [4.69, 9.17) is 9.15 Å². The van der Waals surface area contributed by atoms with Gasteiger partial charge in [0.2, 0.25) is 5.89 Å². The summed E-state index contributed by atoms with van der Waals surface area (Å²) in [6.45, 7) is 3.66. The Labute approximate surface area is 213 Å². The molecule has 8 heteroatoms. The van der Waals surface area contributed by atoms with E-state index < -0.39 is 23.1 Å². The highest BCUT2D eigenvalue weighted by Crippen LogP contribution is 2.23. The number of oxazole rings is 1. The molecule has 1 aromatic heterocycles. The molecule has 1 atom stereocenters. The molecule has 0 spiro atoms.